The number of nitrogens with two attached hydrogens (primary N) is 1. The van der Waals surface area contributed by atoms with E-state index >= 15 is 0 Å². The molecule has 5 heteroatoms. The number of benzene rings is 1. The van der Waals surface area contributed by atoms with Crippen LogP contribution in [0.1, 0.15) is 5.56 Å². The van der Waals surface area contributed by atoms with Gasteiger partial charge in [0.05, 0.1) is 0 Å². The quantitative estimate of drug-likeness (QED) is 0.844. The summed E-state index contributed by atoms with van der Waals surface area (Å²) in [6.07, 6.45) is 0. The van der Waals surface area contributed by atoms with E-state index in [-0.39, 0.29) is 0 Å². The smallest absolute Gasteiger partial charge is 0.0363 e. The van der Waals surface area contributed by atoms with Gasteiger partial charge in [-0.15, -0.1) is 0 Å². The molecule has 88 valence electrons. The zero-order chi connectivity index (χ0) is 11.5. The Kier molecular flexibility index (Phi) is 4.00. The standard InChI is InChI=1S/C11H15BrN2OS/c12-10-5-9(6-11(13)7-10)8-14-1-3-16(15)4-2-14/h5-7H,1-4,8,13H2. The Bertz CT molecular complexity index is 381. The van der Waals surface area contributed by atoms with Crippen LogP contribution in [0.5, 0.6) is 0 Å². The molecule has 1 aliphatic rings. The molecule has 0 saturated carbocycles. The molecule has 0 aliphatic carbocycles. The maximum absolute atomic E-state index is 11.2. The fourth-order valence-electron chi connectivity index (χ4n) is 1.86. The highest BCUT2D eigenvalue weighted by molar-refractivity contribution is 9.10. The van der Waals surface area contributed by atoms with Gasteiger partial charge < -0.3 is 5.73 Å². The van der Waals surface area contributed by atoms with Crippen molar-refractivity contribution < 1.29 is 4.21 Å². The largest absolute Gasteiger partial charge is 0.399 e. The maximum Gasteiger partial charge on any atom is 0.0363 e. The number of rotatable bonds is 2. The first kappa shape index (κ1) is 12.1. The highest BCUT2D eigenvalue weighted by atomic mass is 79.9. The van der Waals surface area contributed by atoms with Crippen molar-refractivity contribution in [3.8, 4) is 0 Å². The van der Waals surface area contributed by atoms with Crippen LogP contribution in [0.15, 0.2) is 22.7 Å². The van der Waals surface area contributed by atoms with Crippen LogP contribution in [0.4, 0.5) is 5.69 Å². The molecule has 1 fully saturated rings. The highest BCUT2D eigenvalue weighted by Gasteiger charge is 2.15. The zero-order valence-electron chi connectivity index (χ0n) is 8.99. The van der Waals surface area contributed by atoms with Crippen LogP contribution in [0.25, 0.3) is 0 Å². The van der Waals surface area contributed by atoms with Crippen LogP contribution < -0.4 is 5.73 Å². The predicted octanol–water partition coefficient (Wildman–Crippen LogP) is 1.60. The van der Waals surface area contributed by atoms with E-state index in [9.17, 15) is 4.21 Å². The Hall–Kier alpha value is -0.390. The first-order chi connectivity index (χ1) is 7.63. The third-order valence-corrected chi connectivity index (χ3v) is 4.39. The fraction of sp³-hybridized carbons (Fsp3) is 0.455. The van der Waals surface area contributed by atoms with E-state index in [0.29, 0.717) is 0 Å². The summed E-state index contributed by atoms with van der Waals surface area (Å²) >= 11 is 3.44. The lowest BCUT2D eigenvalue weighted by Gasteiger charge is -2.26. The van der Waals surface area contributed by atoms with Crippen molar-refractivity contribution in [2.45, 2.75) is 6.54 Å². The van der Waals surface area contributed by atoms with Crippen LogP contribution in [0.3, 0.4) is 0 Å². The molecule has 1 aliphatic heterocycles. The summed E-state index contributed by atoms with van der Waals surface area (Å²) in [4.78, 5) is 2.32. The molecule has 0 radical (unpaired) electrons. The number of nitrogen functional groups attached to an aromatic ring is 1. The maximum atomic E-state index is 11.2. The normalized spacial score (nSPS) is 18.8. The van der Waals surface area contributed by atoms with Gasteiger partial charge in [-0.3, -0.25) is 9.11 Å². The molecule has 0 atom stereocenters. The average Bonchev–Trinajstić information content (AvgIpc) is 2.20. The van der Waals surface area contributed by atoms with E-state index in [1.807, 2.05) is 12.1 Å². The molecule has 3 nitrogen and oxygen atoms in total. The van der Waals surface area contributed by atoms with Crippen molar-refractivity contribution in [2.75, 3.05) is 30.3 Å². The molecule has 2 rings (SSSR count). The Labute approximate surface area is 107 Å². The van der Waals surface area contributed by atoms with Gasteiger partial charge in [0.2, 0.25) is 0 Å². The van der Waals surface area contributed by atoms with Crippen LogP contribution in [-0.4, -0.2) is 33.7 Å². The second kappa shape index (κ2) is 5.29. The van der Waals surface area contributed by atoms with Gasteiger partial charge in [-0.25, -0.2) is 0 Å². The minimum Gasteiger partial charge on any atom is -0.399 e. The first-order valence-corrected chi connectivity index (χ1v) is 7.54. The van der Waals surface area contributed by atoms with Crippen molar-refractivity contribution in [3.05, 3.63) is 28.2 Å². The number of halogens is 1. The van der Waals surface area contributed by atoms with E-state index < -0.39 is 10.8 Å². The highest BCUT2D eigenvalue weighted by Crippen LogP contribution is 2.19. The van der Waals surface area contributed by atoms with E-state index in [1.54, 1.807) is 0 Å². The van der Waals surface area contributed by atoms with Gasteiger partial charge in [0.1, 0.15) is 0 Å². The molecule has 0 spiro atoms. The van der Waals surface area contributed by atoms with Crippen molar-refractivity contribution >= 4 is 32.4 Å². The molecule has 0 bridgehead atoms. The van der Waals surface area contributed by atoms with Gasteiger partial charge in [-0.1, -0.05) is 15.9 Å². The van der Waals surface area contributed by atoms with E-state index in [1.165, 1.54) is 5.56 Å². The number of nitrogens with zero attached hydrogens (tertiary/aromatic N) is 1. The lowest BCUT2D eigenvalue weighted by molar-refractivity contribution is 0.291. The molecule has 0 amide bonds. The topological polar surface area (TPSA) is 46.3 Å². The summed E-state index contributed by atoms with van der Waals surface area (Å²) in [5.74, 6) is 1.59. The molecule has 1 aromatic rings. The fourth-order valence-corrected chi connectivity index (χ4v) is 3.54. The third kappa shape index (κ3) is 3.30. The second-order valence-corrected chi connectivity index (χ2v) is 6.63. The van der Waals surface area contributed by atoms with Crippen LogP contribution in [0, 0.1) is 0 Å². The lowest BCUT2D eigenvalue weighted by Crippen LogP contribution is -2.37. The van der Waals surface area contributed by atoms with Gasteiger partial charge in [-0.2, -0.15) is 0 Å². The molecular formula is C11H15BrN2OS. The lowest BCUT2D eigenvalue weighted by atomic mass is 10.2. The van der Waals surface area contributed by atoms with Crippen LogP contribution in [0.2, 0.25) is 0 Å². The van der Waals surface area contributed by atoms with Crippen molar-refractivity contribution in [1.29, 1.82) is 0 Å². The van der Waals surface area contributed by atoms with E-state index in [4.69, 9.17) is 5.73 Å². The second-order valence-electron chi connectivity index (χ2n) is 4.02. The number of anilines is 1. The summed E-state index contributed by atoms with van der Waals surface area (Å²) < 4.78 is 12.2. The van der Waals surface area contributed by atoms with Crippen LogP contribution >= 0.6 is 15.9 Å². The van der Waals surface area contributed by atoms with E-state index in [2.05, 4.69) is 26.9 Å². The molecule has 1 saturated heterocycles. The third-order valence-electron chi connectivity index (χ3n) is 2.66. The molecule has 1 heterocycles. The molecule has 16 heavy (non-hydrogen) atoms. The van der Waals surface area contributed by atoms with Gasteiger partial charge in [0.15, 0.2) is 0 Å². The summed E-state index contributed by atoms with van der Waals surface area (Å²) in [5, 5.41) is 0. The van der Waals surface area contributed by atoms with Gasteiger partial charge in [-0.05, 0) is 23.8 Å². The van der Waals surface area contributed by atoms with Crippen molar-refractivity contribution in [3.63, 3.8) is 0 Å². The van der Waals surface area contributed by atoms with Crippen molar-refractivity contribution in [1.82, 2.24) is 4.90 Å². The Morgan fingerprint density at radius 3 is 2.62 bits per heavy atom. The van der Waals surface area contributed by atoms with Gasteiger partial charge in [0, 0.05) is 52.1 Å². The minimum absolute atomic E-state index is 0.603. The predicted molar refractivity (Wildman–Crippen MR) is 71.7 cm³/mol. The Balaban J connectivity index is 2.00. The monoisotopic (exact) mass is 302 g/mol. The molecule has 1 aromatic carbocycles. The van der Waals surface area contributed by atoms with Gasteiger partial charge in [0.25, 0.3) is 0 Å². The Morgan fingerprint density at radius 1 is 1.31 bits per heavy atom. The SMILES string of the molecule is Nc1cc(Br)cc(CN2CCS(=O)CC2)c1. The molecule has 2 N–H and O–H groups in total. The minimum atomic E-state index is -0.603. The molecular weight excluding hydrogens is 288 g/mol. The van der Waals surface area contributed by atoms with E-state index in [0.717, 1.165) is 41.3 Å². The molecule has 0 unspecified atom stereocenters. The zero-order valence-corrected chi connectivity index (χ0v) is 11.4. The summed E-state index contributed by atoms with van der Waals surface area (Å²) in [5.41, 5.74) is 7.78. The van der Waals surface area contributed by atoms with Crippen molar-refractivity contribution in [2.24, 2.45) is 0 Å². The van der Waals surface area contributed by atoms with Crippen LogP contribution in [-0.2, 0) is 17.3 Å². The number of hydrogen-bond acceptors (Lipinski definition) is 3. The summed E-state index contributed by atoms with van der Waals surface area (Å²) in [6, 6.07) is 5.98. The summed E-state index contributed by atoms with van der Waals surface area (Å²) in [7, 11) is -0.603. The summed E-state index contributed by atoms with van der Waals surface area (Å²) in [6.45, 7) is 2.72. The first-order valence-electron chi connectivity index (χ1n) is 5.26. The average molecular weight is 303 g/mol. The number of hydrogen-bond donors (Lipinski definition) is 1. The molecule has 0 aromatic heterocycles. The Morgan fingerprint density at radius 2 is 2.00 bits per heavy atom. The van der Waals surface area contributed by atoms with Gasteiger partial charge >= 0.3 is 0 Å².